The molecule has 0 saturated carbocycles. The van der Waals surface area contributed by atoms with E-state index in [2.05, 4.69) is 25.3 Å². The van der Waals surface area contributed by atoms with E-state index in [4.69, 9.17) is 0 Å². The summed E-state index contributed by atoms with van der Waals surface area (Å²) in [5, 5.41) is 10.4. The van der Waals surface area contributed by atoms with Gasteiger partial charge >= 0.3 is 76.0 Å². The molecule has 0 bridgehead atoms. The van der Waals surface area contributed by atoms with Crippen molar-refractivity contribution < 1.29 is 4.92 Å². The summed E-state index contributed by atoms with van der Waals surface area (Å²) in [5.74, 6) is 0. The van der Waals surface area contributed by atoms with E-state index < -0.39 is 4.92 Å². The van der Waals surface area contributed by atoms with E-state index >= 15 is 0 Å². The molecule has 1 aromatic rings. The van der Waals surface area contributed by atoms with E-state index in [1.165, 1.54) is 6.07 Å². The Kier molecular flexibility index (Phi) is 2.88. The van der Waals surface area contributed by atoms with Crippen LogP contribution in [0.2, 0.25) is 0 Å². The number of rotatable bonds is 2. The number of hydrogen-bond acceptors (Lipinski definition) is 3. The minimum absolute atomic E-state index is 0.0137. The molecule has 0 atom stereocenters. The first-order chi connectivity index (χ1) is 5.75. The van der Waals surface area contributed by atoms with Gasteiger partial charge in [0.25, 0.3) is 0 Å². The van der Waals surface area contributed by atoms with Crippen LogP contribution >= 0.6 is 0 Å². The van der Waals surface area contributed by atoms with Gasteiger partial charge in [-0.15, -0.1) is 0 Å². The zero-order valence-corrected chi connectivity index (χ0v) is 7.64. The van der Waals surface area contributed by atoms with Crippen LogP contribution in [0.5, 0.6) is 0 Å². The van der Waals surface area contributed by atoms with E-state index in [-0.39, 0.29) is 5.69 Å². The molecule has 0 aliphatic rings. The molecule has 0 aliphatic heterocycles. The average Bonchev–Trinajstić information content (AvgIpc) is 2.05. The van der Waals surface area contributed by atoms with Gasteiger partial charge in [0.15, 0.2) is 0 Å². The summed E-state index contributed by atoms with van der Waals surface area (Å²) in [6.45, 7) is 0. The van der Waals surface area contributed by atoms with Gasteiger partial charge in [-0.05, 0) is 0 Å². The van der Waals surface area contributed by atoms with Crippen LogP contribution in [0.15, 0.2) is 29.3 Å². The minimum atomic E-state index is -0.476. The Bertz CT molecular complexity index is 337. The summed E-state index contributed by atoms with van der Waals surface area (Å²) < 4.78 is 2.37. The van der Waals surface area contributed by atoms with E-state index in [1.54, 1.807) is 18.2 Å². The first-order valence-corrected chi connectivity index (χ1v) is 3.92. The van der Waals surface area contributed by atoms with Crippen molar-refractivity contribution in [3.05, 3.63) is 34.4 Å². The Morgan fingerprint density at radius 2 is 2.17 bits per heavy atom. The molecular weight excluding hydrogens is 223 g/mol. The number of benzene rings is 1. The molecule has 12 heavy (non-hydrogen) atoms. The molecular formula is C7H4N2O2Se. The molecule has 0 unspecified atom stereocenters. The van der Waals surface area contributed by atoms with Crippen LogP contribution in [0.3, 0.4) is 0 Å². The second-order valence-electron chi connectivity index (χ2n) is 1.95. The van der Waals surface area contributed by atoms with Gasteiger partial charge in [0.1, 0.15) is 0 Å². The van der Waals surface area contributed by atoms with E-state index in [0.29, 0.717) is 5.69 Å². The normalized spacial score (nSPS) is 8.67. The van der Waals surface area contributed by atoms with Gasteiger partial charge in [0, 0.05) is 0 Å². The van der Waals surface area contributed by atoms with Gasteiger partial charge in [-0.25, -0.2) is 0 Å². The third kappa shape index (κ3) is 1.86. The predicted octanol–water partition coefficient (Wildman–Crippen LogP) is 1.30. The molecule has 0 N–H and O–H groups in total. The van der Waals surface area contributed by atoms with Gasteiger partial charge in [-0.1, -0.05) is 0 Å². The predicted molar refractivity (Wildman–Crippen MR) is 45.9 cm³/mol. The van der Waals surface area contributed by atoms with Crippen molar-refractivity contribution in [3.63, 3.8) is 0 Å². The van der Waals surface area contributed by atoms with Crippen molar-refractivity contribution in [2.75, 3.05) is 0 Å². The molecule has 60 valence electrons. The van der Waals surface area contributed by atoms with Crippen molar-refractivity contribution in [1.29, 1.82) is 0 Å². The van der Waals surface area contributed by atoms with Crippen LogP contribution in [-0.4, -0.2) is 25.2 Å². The molecule has 0 spiro atoms. The number of para-hydroxylation sites is 2. The first kappa shape index (κ1) is 8.81. The van der Waals surface area contributed by atoms with Gasteiger partial charge in [-0.3, -0.25) is 0 Å². The molecule has 1 aromatic carbocycles. The Hall–Kier alpha value is -1.28. The second kappa shape index (κ2) is 3.93. The fourth-order valence-corrected chi connectivity index (χ4v) is 0.969. The van der Waals surface area contributed by atoms with Crippen LogP contribution < -0.4 is 0 Å². The monoisotopic (exact) mass is 228 g/mol. The fraction of sp³-hybridized carbons (Fsp3) is 0. The number of nitrogens with zero attached hydrogens (tertiary/aromatic N) is 2. The van der Waals surface area contributed by atoms with Crippen LogP contribution in [0.25, 0.3) is 0 Å². The van der Waals surface area contributed by atoms with Crippen molar-refractivity contribution in [2.45, 2.75) is 0 Å². The Morgan fingerprint density at radius 1 is 1.50 bits per heavy atom. The summed E-state index contributed by atoms with van der Waals surface area (Å²) in [6, 6.07) is 6.23. The number of nitro groups is 1. The number of hydrogen-bond donors (Lipinski definition) is 0. The molecule has 1 rings (SSSR count). The zero-order valence-electron chi connectivity index (χ0n) is 5.93. The molecule has 4 nitrogen and oxygen atoms in total. The molecule has 0 heterocycles. The zero-order chi connectivity index (χ0) is 8.97. The Balaban J connectivity index is 3.26. The summed E-state index contributed by atoms with van der Waals surface area (Å²) in [6.07, 6.45) is 0. The fourth-order valence-electron chi connectivity index (χ4n) is 0.762. The van der Waals surface area contributed by atoms with Crippen molar-refractivity contribution in [1.82, 2.24) is 0 Å². The summed E-state index contributed by atoms with van der Waals surface area (Å²) in [4.78, 5) is 13.6. The number of aliphatic imine (C=N–C) groups is 1. The van der Waals surface area contributed by atoms with Gasteiger partial charge in [0.05, 0.1) is 0 Å². The second-order valence-corrected chi connectivity index (χ2v) is 2.33. The van der Waals surface area contributed by atoms with Crippen molar-refractivity contribution in [2.24, 2.45) is 4.99 Å². The van der Waals surface area contributed by atoms with Crippen LogP contribution in [0.4, 0.5) is 11.4 Å². The average molecular weight is 227 g/mol. The van der Waals surface area contributed by atoms with Crippen molar-refractivity contribution >= 4 is 31.7 Å². The molecule has 0 amide bonds. The quantitative estimate of drug-likeness (QED) is 0.331. The van der Waals surface area contributed by atoms with Gasteiger partial charge in [-0.2, -0.15) is 0 Å². The summed E-state index contributed by atoms with van der Waals surface area (Å²) >= 11 is 2.42. The topological polar surface area (TPSA) is 55.5 Å². The molecule has 0 aromatic heterocycles. The van der Waals surface area contributed by atoms with Crippen LogP contribution in [-0.2, 0) is 0 Å². The van der Waals surface area contributed by atoms with Crippen LogP contribution in [0.1, 0.15) is 0 Å². The van der Waals surface area contributed by atoms with Crippen LogP contribution in [0, 0.1) is 10.1 Å². The molecule has 5 heteroatoms. The third-order valence-corrected chi connectivity index (χ3v) is 1.44. The van der Waals surface area contributed by atoms with Crippen molar-refractivity contribution in [3.8, 4) is 0 Å². The number of nitro benzene ring substituents is 1. The Morgan fingerprint density at radius 3 is 2.75 bits per heavy atom. The molecule has 0 radical (unpaired) electrons. The van der Waals surface area contributed by atoms with Gasteiger partial charge in [0.2, 0.25) is 0 Å². The van der Waals surface area contributed by atoms with E-state index in [1.807, 2.05) is 0 Å². The Labute approximate surface area is 76.4 Å². The summed E-state index contributed by atoms with van der Waals surface area (Å²) in [5.41, 5.74) is 0.293. The molecule has 0 aliphatic carbocycles. The van der Waals surface area contributed by atoms with Gasteiger partial charge < -0.3 is 0 Å². The third-order valence-electron chi connectivity index (χ3n) is 1.24. The maximum atomic E-state index is 10.4. The standard InChI is InChI=1S/C7H4N2O2Se/c10-9(11)7-4-2-1-3-6(7)8-5-12/h1-4H. The summed E-state index contributed by atoms with van der Waals surface area (Å²) in [7, 11) is 0. The SMILES string of the molecule is O=[N+]([O-])c1ccccc1N=C=[Se]. The first-order valence-electron chi connectivity index (χ1n) is 3.07. The maximum absolute atomic E-state index is 10.4. The van der Waals surface area contributed by atoms with E-state index in [9.17, 15) is 10.1 Å². The molecule has 0 saturated heterocycles. The molecule has 0 fully saturated rings. The van der Waals surface area contributed by atoms with E-state index in [0.717, 1.165) is 0 Å².